The van der Waals surface area contributed by atoms with Gasteiger partial charge in [0.05, 0.1) is 16.5 Å². The largest absolute Gasteiger partial charge is 0.478 e. The van der Waals surface area contributed by atoms with Crippen molar-refractivity contribution in [3.63, 3.8) is 0 Å². The highest BCUT2D eigenvalue weighted by Gasteiger charge is 2.50. The van der Waals surface area contributed by atoms with E-state index in [-0.39, 0.29) is 26.0 Å². The topological polar surface area (TPSA) is 72.8 Å². The summed E-state index contributed by atoms with van der Waals surface area (Å²) < 4.78 is 51.0. The molecule has 0 saturated heterocycles. The molecule has 1 aliphatic heterocycles. The first-order valence-corrected chi connectivity index (χ1v) is 11.1. The van der Waals surface area contributed by atoms with E-state index in [0.717, 1.165) is 11.6 Å². The van der Waals surface area contributed by atoms with E-state index >= 15 is 0 Å². The van der Waals surface area contributed by atoms with Gasteiger partial charge in [0.1, 0.15) is 5.78 Å². The molecule has 2 aliphatic rings. The van der Waals surface area contributed by atoms with Gasteiger partial charge in [-0.3, -0.25) is 4.79 Å². The molecule has 0 unspecified atom stereocenters. The molecular formula is C27H23F3O5. The second-order valence-corrected chi connectivity index (χ2v) is 9.00. The first kappa shape index (κ1) is 23.0. The predicted octanol–water partition coefficient (Wildman–Crippen LogP) is 6.20. The minimum Gasteiger partial charge on any atom is -0.478 e. The third kappa shape index (κ3) is 4.24. The first-order chi connectivity index (χ1) is 16.6. The number of rotatable bonds is 6. The second kappa shape index (κ2) is 8.15. The Bertz CT molecular complexity index is 1360. The van der Waals surface area contributed by atoms with Crippen LogP contribution in [-0.4, -0.2) is 23.7 Å². The highest BCUT2D eigenvalue weighted by molar-refractivity contribution is 5.95. The van der Waals surface area contributed by atoms with Gasteiger partial charge in [-0.25, -0.2) is 4.79 Å². The number of aryl methyl sites for hydroxylation is 1. The van der Waals surface area contributed by atoms with Crippen molar-refractivity contribution >= 4 is 11.8 Å². The van der Waals surface area contributed by atoms with Gasteiger partial charge in [0.25, 0.3) is 0 Å². The van der Waals surface area contributed by atoms with Crippen LogP contribution in [0.5, 0.6) is 11.5 Å². The van der Waals surface area contributed by atoms with Gasteiger partial charge in [0.15, 0.2) is 11.5 Å². The van der Waals surface area contributed by atoms with E-state index in [1.54, 1.807) is 31.2 Å². The first-order valence-electron chi connectivity index (χ1n) is 11.1. The van der Waals surface area contributed by atoms with Gasteiger partial charge in [0.2, 0.25) is 6.79 Å². The fourth-order valence-corrected chi connectivity index (χ4v) is 4.56. The van der Waals surface area contributed by atoms with Gasteiger partial charge >= 0.3 is 12.1 Å². The molecule has 1 aliphatic carbocycles. The van der Waals surface area contributed by atoms with Crippen LogP contribution in [0.4, 0.5) is 13.2 Å². The molecule has 3 aromatic carbocycles. The summed E-state index contributed by atoms with van der Waals surface area (Å²) in [6.45, 7) is 1.88. The maximum Gasteiger partial charge on any atom is 0.416 e. The van der Waals surface area contributed by atoms with Crippen LogP contribution in [0, 0.1) is 6.92 Å². The smallest absolute Gasteiger partial charge is 0.416 e. The van der Waals surface area contributed by atoms with Gasteiger partial charge in [0, 0.05) is 7.85 Å². The van der Waals surface area contributed by atoms with Crippen LogP contribution >= 0.6 is 0 Å². The quantitative estimate of drug-likeness (QED) is 0.451. The Morgan fingerprint density at radius 2 is 1.74 bits per heavy atom. The Hall–Kier alpha value is -3.81. The van der Waals surface area contributed by atoms with Gasteiger partial charge in [-0.1, -0.05) is 24.3 Å². The van der Waals surface area contributed by atoms with Crippen LogP contribution in [0.3, 0.4) is 0 Å². The summed E-state index contributed by atoms with van der Waals surface area (Å²) in [4.78, 5) is 24.8. The molecular weight excluding hydrogens is 461 g/mol. The molecule has 0 atom stereocenters. The number of benzene rings is 3. The molecule has 8 heteroatoms. The van der Waals surface area contributed by atoms with Gasteiger partial charge in [-0.2, -0.15) is 13.2 Å². The summed E-state index contributed by atoms with van der Waals surface area (Å²) in [5.74, 6) is -0.179. The number of carboxylic acids is 1. The number of carbonyl (C=O) groups excluding carboxylic acids is 1. The van der Waals surface area contributed by atoms with Crippen molar-refractivity contribution in [1.29, 1.82) is 0 Å². The molecule has 1 heterocycles. The molecule has 0 aromatic heterocycles. The monoisotopic (exact) mass is 484 g/mol. The normalized spacial score (nSPS) is 15.7. The SMILES string of the molecule is Cc1ccc(CC(=O)C2(c3ccc4c(c3)OCO4)CC2)cc1-c1cc(C(=O)O)cc(C(F)(F)F)c1.[HH]. The molecule has 1 saturated carbocycles. The van der Waals surface area contributed by atoms with E-state index in [4.69, 9.17) is 9.47 Å². The van der Waals surface area contributed by atoms with Gasteiger partial charge in [-0.15, -0.1) is 0 Å². The summed E-state index contributed by atoms with van der Waals surface area (Å²) in [7, 11) is 0. The van der Waals surface area contributed by atoms with Crippen molar-refractivity contribution in [3.8, 4) is 22.6 Å². The van der Waals surface area contributed by atoms with Crippen molar-refractivity contribution < 1.29 is 38.8 Å². The van der Waals surface area contributed by atoms with E-state index in [1.165, 1.54) is 6.07 Å². The number of Topliss-reactive ketones (excluding diaryl/α,β-unsaturated/α-hetero) is 1. The van der Waals surface area contributed by atoms with E-state index in [9.17, 15) is 27.9 Å². The number of ether oxygens (including phenoxy) is 2. The van der Waals surface area contributed by atoms with Crippen molar-refractivity contribution in [2.75, 3.05) is 6.79 Å². The summed E-state index contributed by atoms with van der Waals surface area (Å²) >= 11 is 0. The zero-order valence-electron chi connectivity index (χ0n) is 18.7. The van der Waals surface area contributed by atoms with E-state index in [1.807, 2.05) is 12.1 Å². The van der Waals surface area contributed by atoms with Crippen molar-refractivity contribution in [2.45, 2.75) is 37.8 Å². The van der Waals surface area contributed by atoms with Crippen molar-refractivity contribution in [3.05, 3.63) is 82.4 Å². The Balaban J connectivity index is 0.00000304. The second-order valence-electron chi connectivity index (χ2n) is 9.00. The summed E-state index contributed by atoms with van der Waals surface area (Å²) in [5, 5.41) is 9.32. The number of halogens is 3. The number of carboxylic acid groups (broad SMARTS) is 1. The maximum atomic E-state index is 13.4. The van der Waals surface area contributed by atoms with E-state index in [2.05, 4.69) is 0 Å². The number of ketones is 1. The highest BCUT2D eigenvalue weighted by atomic mass is 19.4. The van der Waals surface area contributed by atoms with Crippen LogP contribution < -0.4 is 9.47 Å². The molecule has 5 rings (SSSR count). The van der Waals surface area contributed by atoms with E-state index < -0.39 is 28.7 Å². The maximum absolute atomic E-state index is 13.4. The minimum absolute atomic E-state index is 0. The van der Waals surface area contributed by atoms with Gasteiger partial charge in [-0.05, 0) is 77.9 Å². The summed E-state index contributed by atoms with van der Waals surface area (Å²) in [6.07, 6.45) is -3.17. The fraction of sp³-hybridized carbons (Fsp3) is 0.259. The Kier molecular flexibility index (Phi) is 5.34. The number of alkyl halides is 3. The minimum atomic E-state index is -4.69. The molecule has 1 N–H and O–H groups in total. The lowest BCUT2D eigenvalue weighted by molar-refractivity contribution is -0.137. The number of aromatic carboxylic acids is 1. The Morgan fingerprint density at radius 3 is 2.43 bits per heavy atom. The molecule has 0 spiro atoms. The molecule has 0 radical (unpaired) electrons. The molecule has 0 bridgehead atoms. The lowest BCUT2D eigenvalue weighted by Crippen LogP contribution is -2.22. The van der Waals surface area contributed by atoms with Crippen LogP contribution in [0.1, 0.15) is 46.9 Å². The summed E-state index contributed by atoms with van der Waals surface area (Å²) in [5.41, 5.74) is 0.688. The van der Waals surface area contributed by atoms with Crippen LogP contribution in [0.2, 0.25) is 0 Å². The number of carbonyl (C=O) groups is 2. The number of hydrogen-bond acceptors (Lipinski definition) is 4. The standard InChI is InChI=1S/C27H21F3O5.H2/c1-15-2-3-16(8-21(15)17-10-18(25(32)33)12-20(11-17)27(28,29)30)9-24(31)26(6-7-26)19-4-5-22-23(13-19)35-14-34-22;/h2-5,8,10-13H,6-7,9,14H2,1H3,(H,32,33);1H. The third-order valence-electron chi connectivity index (χ3n) is 6.69. The molecule has 0 amide bonds. The molecule has 182 valence electrons. The fourth-order valence-electron chi connectivity index (χ4n) is 4.56. The highest BCUT2D eigenvalue weighted by Crippen LogP contribution is 2.51. The lowest BCUT2D eigenvalue weighted by atomic mass is 9.86. The zero-order chi connectivity index (χ0) is 25.0. The predicted molar refractivity (Wildman–Crippen MR) is 123 cm³/mol. The lowest BCUT2D eigenvalue weighted by Gasteiger charge is -2.17. The summed E-state index contributed by atoms with van der Waals surface area (Å²) in [6, 6.07) is 13.5. The van der Waals surface area contributed by atoms with Crippen molar-refractivity contribution in [1.82, 2.24) is 0 Å². The van der Waals surface area contributed by atoms with Gasteiger partial charge < -0.3 is 14.6 Å². The van der Waals surface area contributed by atoms with E-state index in [0.29, 0.717) is 47.1 Å². The van der Waals surface area contributed by atoms with Crippen LogP contribution in [-0.2, 0) is 22.8 Å². The molecule has 1 fully saturated rings. The van der Waals surface area contributed by atoms with Crippen LogP contribution in [0.25, 0.3) is 11.1 Å². The number of fused-ring (bicyclic) bond motifs is 1. The molecule has 5 nitrogen and oxygen atoms in total. The third-order valence-corrected chi connectivity index (χ3v) is 6.69. The van der Waals surface area contributed by atoms with Crippen molar-refractivity contribution in [2.24, 2.45) is 0 Å². The molecule has 35 heavy (non-hydrogen) atoms. The zero-order valence-corrected chi connectivity index (χ0v) is 18.7. The Morgan fingerprint density at radius 1 is 1.00 bits per heavy atom. The average Bonchev–Trinajstić information content (AvgIpc) is 3.50. The number of hydrogen-bond donors (Lipinski definition) is 1. The Labute approximate surface area is 200 Å². The molecule has 3 aromatic rings. The van der Waals surface area contributed by atoms with Crippen LogP contribution in [0.15, 0.2) is 54.6 Å². The average molecular weight is 484 g/mol.